The number of hydrogen-bond acceptors (Lipinski definition) is 2. The first-order valence-corrected chi connectivity index (χ1v) is 10.6. The zero-order valence-electron chi connectivity index (χ0n) is 17.3. The van der Waals surface area contributed by atoms with Crippen LogP contribution >= 0.6 is 23.2 Å². The van der Waals surface area contributed by atoms with Crippen LogP contribution in [0.25, 0.3) is 0 Å². The molecule has 0 radical (unpaired) electrons. The van der Waals surface area contributed by atoms with Crippen molar-refractivity contribution < 1.29 is 9.59 Å². The van der Waals surface area contributed by atoms with E-state index < -0.39 is 6.04 Å². The van der Waals surface area contributed by atoms with Gasteiger partial charge in [0.15, 0.2) is 0 Å². The summed E-state index contributed by atoms with van der Waals surface area (Å²) in [5.74, 6) is -0.345. The quantitative estimate of drug-likeness (QED) is 0.622. The van der Waals surface area contributed by atoms with Crippen molar-refractivity contribution in [1.82, 2.24) is 10.2 Å². The standard InChI is InChI=1S/C23H28Cl2N2O2/c1-5-16(3)26-23(29)17(4)27(14-19-20(24)11-8-12-21(19)25)22(28)13-18-10-7-6-9-15(18)2/h6-12,16-17H,5,13-14H2,1-4H3,(H,26,29)/t16-,17+/m0/s1. The highest BCUT2D eigenvalue weighted by atomic mass is 35.5. The molecule has 0 unspecified atom stereocenters. The minimum atomic E-state index is -0.659. The molecule has 0 aliphatic heterocycles. The van der Waals surface area contributed by atoms with Crippen LogP contribution in [0.5, 0.6) is 0 Å². The summed E-state index contributed by atoms with van der Waals surface area (Å²) in [4.78, 5) is 27.6. The molecule has 2 amide bonds. The number of rotatable bonds is 8. The Bertz CT molecular complexity index is 849. The average molecular weight is 435 g/mol. The van der Waals surface area contributed by atoms with Crippen molar-refractivity contribution in [2.75, 3.05) is 0 Å². The zero-order chi connectivity index (χ0) is 21.6. The Kier molecular flexibility index (Phi) is 8.54. The van der Waals surface area contributed by atoms with Crippen LogP contribution in [0.4, 0.5) is 0 Å². The van der Waals surface area contributed by atoms with Gasteiger partial charge >= 0.3 is 0 Å². The van der Waals surface area contributed by atoms with E-state index in [2.05, 4.69) is 5.32 Å². The normalized spacial score (nSPS) is 12.9. The number of carbonyl (C=O) groups is 2. The molecule has 0 spiro atoms. The lowest BCUT2D eigenvalue weighted by atomic mass is 10.0. The average Bonchev–Trinajstić information content (AvgIpc) is 2.68. The Labute approximate surface area is 183 Å². The number of nitrogens with zero attached hydrogens (tertiary/aromatic N) is 1. The maximum atomic E-state index is 13.3. The Morgan fingerprint density at radius 1 is 1.03 bits per heavy atom. The third-order valence-electron chi connectivity index (χ3n) is 5.16. The molecule has 2 aromatic rings. The van der Waals surface area contributed by atoms with Gasteiger partial charge in [-0.05, 0) is 50.5 Å². The number of halogens is 2. The summed E-state index contributed by atoms with van der Waals surface area (Å²) in [6.07, 6.45) is 1.02. The van der Waals surface area contributed by atoms with Crippen LogP contribution in [0, 0.1) is 6.92 Å². The number of nitrogens with one attached hydrogen (secondary N) is 1. The highest BCUT2D eigenvalue weighted by molar-refractivity contribution is 6.36. The van der Waals surface area contributed by atoms with Crippen LogP contribution in [0.1, 0.15) is 43.9 Å². The molecule has 0 heterocycles. The van der Waals surface area contributed by atoms with Crippen LogP contribution in [-0.4, -0.2) is 28.8 Å². The van der Waals surface area contributed by atoms with Gasteiger partial charge < -0.3 is 10.2 Å². The molecule has 1 N–H and O–H groups in total. The fourth-order valence-electron chi connectivity index (χ4n) is 2.97. The van der Waals surface area contributed by atoms with Crippen LogP contribution in [0.2, 0.25) is 10.0 Å². The highest BCUT2D eigenvalue weighted by Gasteiger charge is 2.28. The predicted molar refractivity (Wildman–Crippen MR) is 119 cm³/mol. The van der Waals surface area contributed by atoms with E-state index in [4.69, 9.17) is 23.2 Å². The van der Waals surface area contributed by atoms with Crippen LogP contribution in [0.15, 0.2) is 42.5 Å². The molecule has 156 valence electrons. The van der Waals surface area contributed by atoms with Gasteiger partial charge in [-0.3, -0.25) is 9.59 Å². The van der Waals surface area contributed by atoms with Gasteiger partial charge in [-0.1, -0.05) is 60.5 Å². The number of benzene rings is 2. The SMILES string of the molecule is CC[C@H](C)NC(=O)[C@@H](C)N(Cc1c(Cl)cccc1Cl)C(=O)Cc1ccccc1C. The molecule has 6 heteroatoms. The second-order valence-electron chi connectivity index (χ2n) is 7.32. The van der Waals surface area contributed by atoms with Gasteiger partial charge in [0.25, 0.3) is 0 Å². The van der Waals surface area contributed by atoms with E-state index in [-0.39, 0.29) is 30.8 Å². The third kappa shape index (κ3) is 6.22. The van der Waals surface area contributed by atoms with Gasteiger partial charge in [-0.2, -0.15) is 0 Å². The highest BCUT2D eigenvalue weighted by Crippen LogP contribution is 2.27. The van der Waals surface area contributed by atoms with Crippen molar-refractivity contribution in [1.29, 1.82) is 0 Å². The molecule has 0 fully saturated rings. The fraction of sp³-hybridized carbons (Fsp3) is 0.391. The van der Waals surface area contributed by atoms with Crippen molar-refractivity contribution in [3.8, 4) is 0 Å². The molecule has 4 nitrogen and oxygen atoms in total. The Morgan fingerprint density at radius 3 is 2.24 bits per heavy atom. The maximum Gasteiger partial charge on any atom is 0.242 e. The largest absolute Gasteiger partial charge is 0.352 e. The predicted octanol–water partition coefficient (Wildman–Crippen LogP) is 5.18. The lowest BCUT2D eigenvalue weighted by molar-refractivity contribution is -0.140. The van der Waals surface area contributed by atoms with Crippen molar-refractivity contribution in [2.45, 2.75) is 59.2 Å². The van der Waals surface area contributed by atoms with Gasteiger partial charge in [-0.25, -0.2) is 0 Å². The van der Waals surface area contributed by atoms with Crippen LogP contribution in [-0.2, 0) is 22.6 Å². The second kappa shape index (κ2) is 10.7. The summed E-state index contributed by atoms with van der Waals surface area (Å²) < 4.78 is 0. The van der Waals surface area contributed by atoms with Gasteiger partial charge in [0.05, 0.1) is 6.42 Å². The number of aryl methyl sites for hydroxylation is 1. The molecule has 0 saturated heterocycles. The third-order valence-corrected chi connectivity index (χ3v) is 5.87. The first-order chi connectivity index (χ1) is 13.7. The van der Waals surface area contributed by atoms with Gasteiger partial charge in [0.2, 0.25) is 11.8 Å². The zero-order valence-corrected chi connectivity index (χ0v) is 18.8. The molecule has 0 aromatic heterocycles. The Hall–Kier alpha value is -2.04. The first-order valence-electron chi connectivity index (χ1n) is 9.81. The number of amides is 2. The van der Waals surface area contributed by atoms with E-state index in [0.717, 1.165) is 17.5 Å². The van der Waals surface area contributed by atoms with Crippen LogP contribution in [0.3, 0.4) is 0 Å². The molecule has 0 saturated carbocycles. The Morgan fingerprint density at radius 2 is 1.66 bits per heavy atom. The second-order valence-corrected chi connectivity index (χ2v) is 8.13. The topological polar surface area (TPSA) is 49.4 Å². The molecule has 0 aliphatic carbocycles. The molecule has 29 heavy (non-hydrogen) atoms. The van der Waals surface area contributed by atoms with E-state index in [0.29, 0.717) is 15.6 Å². The van der Waals surface area contributed by atoms with Crippen molar-refractivity contribution >= 4 is 35.0 Å². The lowest BCUT2D eigenvalue weighted by Gasteiger charge is -2.30. The van der Waals surface area contributed by atoms with Gasteiger partial charge in [-0.15, -0.1) is 0 Å². The van der Waals surface area contributed by atoms with Crippen molar-refractivity contribution in [3.63, 3.8) is 0 Å². The van der Waals surface area contributed by atoms with Gasteiger partial charge in [0, 0.05) is 28.2 Å². The summed E-state index contributed by atoms with van der Waals surface area (Å²) >= 11 is 12.7. The van der Waals surface area contributed by atoms with E-state index in [1.807, 2.05) is 45.0 Å². The summed E-state index contributed by atoms with van der Waals surface area (Å²) in [6, 6.07) is 12.3. The van der Waals surface area contributed by atoms with E-state index >= 15 is 0 Å². The minimum absolute atomic E-state index is 0.0298. The molecular formula is C23H28Cl2N2O2. The monoisotopic (exact) mass is 434 g/mol. The molecule has 0 bridgehead atoms. The molecule has 2 aromatic carbocycles. The lowest BCUT2D eigenvalue weighted by Crippen LogP contribution is -2.50. The van der Waals surface area contributed by atoms with Crippen LogP contribution < -0.4 is 5.32 Å². The van der Waals surface area contributed by atoms with E-state index in [1.165, 1.54) is 0 Å². The summed E-state index contributed by atoms with van der Waals surface area (Å²) in [5.41, 5.74) is 2.60. The maximum absolute atomic E-state index is 13.3. The van der Waals surface area contributed by atoms with E-state index in [1.54, 1.807) is 30.0 Å². The molecule has 0 aliphatic rings. The van der Waals surface area contributed by atoms with E-state index in [9.17, 15) is 9.59 Å². The molecule has 2 atom stereocenters. The summed E-state index contributed by atoms with van der Waals surface area (Å²) in [6.45, 7) is 7.81. The molecule has 2 rings (SSSR count). The number of hydrogen-bond donors (Lipinski definition) is 1. The van der Waals surface area contributed by atoms with Crippen molar-refractivity contribution in [2.24, 2.45) is 0 Å². The number of carbonyl (C=O) groups excluding carboxylic acids is 2. The molecular weight excluding hydrogens is 407 g/mol. The Balaban J connectivity index is 2.32. The minimum Gasteiger partial charge on any atom is -0.352 e. The van der Waals surface area contributed by atoms with Gasteiger partial charge in [0.1, 0.15) is 6.04 Å². The summed E-state index contributed by atoms with van der Waals surface area (Å²) in [5, 5.41) is 3.90. The first kappa shape index (κ1) is 23.2. The fourth-order valence-corrected chi connectivity index (χ4v) is 3.49. The smallest absolute Gasteiger partial charge is 0.242 e. The summed E-state index contributed by atoms with van der Waals surface area (Å²) in [7, 11) is 0. The van der Waals surface area contributed by atoms with Crippen molar-refractivity contribution in [3.05, 3.63) is 69.2 Å².